The van der Waals surface area contributed by atoms with Crippen LogP contribution in [-0.2, 0) is 9.53 Å². The summed E-state index contributed by atoms with van der Waals surface area (Å²) < 4.78 is 28.6. The largest absolute Gasteiger partial charge is 0.507 e. The van der Waals surface area contributed by atoms with Crippen LogP contribution in [0.3, 0.4) is 0 Å². The van der Waals surface area contributed by atoms with Crippen LogP contribution in [0.5, 0.6) is 11.5 Å². The van der Waals surface area contributed by atoms with Crippen molar-refractivity contribution in [2.24, 2.45) is 0 Å². The van der Waals surface area contributed by atoms with Gasteiger partial charge in [-0.1, -0.05) is 24.2 Å². The molecule has 0 saturated carbocycles. The lowest BCUT2D eigenvalue weighted by Gasteiger charge is -2.41. The van der Waals surface area contributed by atoms with Gasteiger partial charge < -0.3 is 24.4 Å². The van der Waals surface area contributed by atoms with Crippen LogP contribution >= 0.6 is 11.6 Å². The van der Waals surface area contributed by atoms with Crippen molar-refractivity contribution < 1.29 is 23.8 Å². The summed E-state index contributed by atoms with van der Waals surface area (Å²) in [7, 11) is 0. The van der Waals surface area contributed by atoms with Gasteiger partial charge in [0.25, 0.3) is 0 Å². The molecule has 6 rings (SSSR count). The van der Waals surface area contributed by atoms with Gasteiger partial charge >= 0.3 is 5.69 Å². The third-order valence-electron chi connectivity index (χ3n) is 8.08. The van der Waals surface area contributed by atoms with Crippen LogP contribution in [0.2, 0.25) is 5.02 Å². The fourth-order valence-electron chi connectivity index (χ4n) is 6.09. The summed E-state index contributed by atoms with van der Waals surface area (Å²) in [5, 5.41) is 11.4. The maximum Gasteiger partial charge on any atom is 0.350 e. The van der Waals surface area contributed by atoms with E-state index in [1.165, 1.54) is 24.3 Å². The van der Waals surface area contributed by atoms with Gasteiger partial charge in [0.2, 0.25) is 5.91 Å². The number of benzene rings is 2. The topological polar surface area (TPSA) is 100 Å². The van der Waals surface area contributed by atoms with Gasteiger partial charge in [-0.3, -0.25) is 14.3 Å². The van der Waals surface area contributed by atoms with E-state index in [1.54, 1.807) is 15.5 Å². The lowest BCUT2D eigenvalue weighted by Crippen LogP contribution is -2.54. The average Bonchev–Trinajstić information content (AvgIpc) is 2.96. The summed E-state index contributed by atoms with van der Waals surface area (Å²) in [6.45, 7) is 10.2. The Morgan fingerprint density at radius 2 is 2.02 bits per heavy atom. The first-order valence-electron chi connectivity index (χ1n) is 13.7. The van der Waals surface area contributed by atoms with E-state index < -0.39 is 11.5 Å². The van der Waals surface area contributed by atoms with Gasteiger partial charge in [-0.2, -0.15) is 4.98 Å². The number of carbonyl (C=O) groups excluding carboxylic acids is 1. The van der Waals surface area contributed by atoms with Gasteiger partial charge in [-0.25, -0.2) is 9.18 Å². The molecule has 0 bridgehead atoms. The van der Waals surface area contributed by atoms with Crippen molar-refractivity contribution in [1.82, 2.24) is 19.4 Å². The predicted molar refractivity (Wildman–Crippen MR) is 153 cm³/mol. The molecular weight excluding hydrogens is 553 g/mol. The van der Waals surface area contributed by atoms with Crippen molar-refractivity contribution >= 4 is 34.2 Å². The van der Waals surface area contributed by atoms with E-state index in [9.17, 15) is 14.7 Å². The maximum atomic E-state index is 15.1. The molecule has 12 heteroatoms. The van der Waals surface area contributed by atoms with Gasteiger partial charge in [-0.05, 0) is 31.2 Å². The number of rotatable bonds is 5. The molecular formula is C29H31ClFN5O5. The van der Waals surface area contributed by atoms with Gasteiger partial charge in [0.15, 0.2) is 5.75 Å². The number of carbonyl (C=O) groups is 1. The molecule has 2 aromatic carbocycles. The molecule has 1 aromatic heterocycles. The lowest BCUT2D eigenvalue weighted by molar-refractivity contribution is -0.126. The van der Waals surface area contributed by atoms with E-state index >= 15 is 4.39 Å². The van der Waals surface area contributed by atoms with Crippen molar-refractivity contribution in [2.75, 3.05) is 64.0 Å². The minimum atomic E-state index is -0.665. The number of amides is 1. The predicted octanol–water partition coefficient (Wildman–Crippen LogP) is 3.05. The first-order chi connectivity index (χ1) is 19.8. The number of halogens is 2. The summed E-state index contributed by atoms with van der Waals surface area (Å²) >= 11 is 6.83. The summed E-state index contributed by atoms with van der Waals surface area (Å²) in [4.78, 5) is 36.6. The Kier molecular flexibility index (Phi) is 7.35. The molecule has 1 amide bonds. The molecule has 0 aliphatic carbocycles. The van der Waals surface area contributed by atoms with E-state index in [1.807, 2.05) is 11.8 Å². The molecule has 3 aliphatic heterocycles. The number of aromatic nitrogens is 2. The van der Waals surface area contributed by atoms with Gasteiger partial charge in [0.1, 0.15) is 24.0 Å². The summed E-state index contributed by atoms with van der Waals surface area (Å²) in [5.74, 6) is -0.469. The van der Waals surface area contributed by atoms with E-state index in [2.05, 4.69) is 16.5 Å². The van der Waals surface area contributed by atoms with Crippen molar-refractivity contribution in [3.05, 3.63) is 58.2 Å². The van der Waals surface area contributed by atoms with Gasteiger partial charge in [0, 0.05) is 50.7 Å². The van der Waals surface area contributed by atoms with E-state index in [0.717, 1.165) is 13.1 Å². The number of phenols is 1. The number of aromatic hydroxyl groups is 1. The second-order valence-electron chi connectivity index (χ2n) is 10.6. The highest BCUT2D eigenvalue weighted by atomic mass is 35.5. The van der Waals surface area contributed by atoms with E-state index in [0.29, 0.717) is 56.1 Å². The SMILES string of the molecule is C=CC(=O)N1CCN(c2nc(=O)n3c4c(c(-c5c(O)cccc5F)c(Cl)cc24)OC[C@H]3CN2CCOCC2)[C@@H](C)C1. The minimum absolute atomic E-state index is 0.0942. The van der Waals surface area contributed by atoms with Crippen LogP contribution in [0.1, 0.15) is 13.0 Å². The lowest BCUT2D eigenvalue weighted by atomic mass is 9.98. The molecule has 4 heterocycles. The normalized spacial score (nSPS) is 21.1. The fraction of sp³-hybridized carbons (Fsp3) is 0.414. The van der Waals surface area contributed by atoms with Crippen LogP contribution in [0.15, 0.2) is 41.7 Å². The number of hydrogen-bond acceptors (Lipinski definition) is 8. The quantitative estimate of drug-likeness (QED) is 0.458. The molecule has 216 valence electrons. The summed E-state index contributed by atoms with van der Waals surface area (Å²) in [6, 6.07) is 5.16. The highest BCUT2D eigenvalue weighted by Gasteiger charge is 2.35. The smallest absolute Gasteiger partial charge is 0.350 e. The zero-order chi connectivity index (χ0) is 28.8. The molecule has 3 aromatic rings. The molecule has 0 unspecified atom stereocenters. The number of morpholine rings is 1. The van der Waals surface area contributed by atoms with Crippen molar-refractivity contribution in [3.63, 3.8) is 0 Å². The van der Waals surface area contributed by atoms with Crippen LogP contribution in [0.25, 0.3) is 22.0 Å². The molecule has 0 spiro atoms. The molecule has 1 N–H and O–H groups in total. The summed E-state index contributed by atoms with van der Waals surface area (Å²) in [6.07, 6.45) is 1.29. The molecule has 0 radical (unpaired) electrons. The number of piperazine rings is 1. The minimum Gasteiger partial charge on any atom is -0.507 e. The zero-order valence-corrected chi connectivity index (χ0v) is 23.4. The number of ether oxygens (including phenoxy) is 2. The Labute approximate surface area is 241 Å². The number of phenolic OH excluding ortho intramolecular Hbond substituents is 1. The van der Waals surface area contributed by atoms with Crippen LogP contribution in [0, 0.1) is 5.82 Å². The molecule has 41 heavy (non-hydrogen) atoms. The van der Waals surface area contributed by atoms with Crippen LogP contribution < -0.4 is 15.3 Å². The first-order valence-corrected chi connectivity index (χ1v) is 14.0. The highest BCUT2D eigenvalue weighted by Crippen LogP contribution is 2.49. The maximum absolute atomic E-state index is 15.1. The van der Waals surface area contributed by atoms with Gasteiger partial charge in [-0.15, -0.1) is 0 Å². The third kappa shape index (κ3) is 4.81. The first kappa shape index (κ1) is 27.5. The Hall–Kier alpha value is -3.67. The van der Waals surface area contributed by atoms with E-state index in [4.69, 9.17) is 21.1 Å². The van der Waals surface area contributed by atoms with Crippen LogP contribution in [-0.4, -0.2) is 95.5 Å². The monoisotopic (exact) mass is 583 g/mol. The van der Waals surface area contributed by atoms with Crippen molar-refractivity contribution in [3.8, 4) is 22.6 Å². The second kappa shape index (κ2) is 11.0. The Balaban J connectivity index is 1.55. The molecule has 3 aliphatic rings. The third-order valence-corrected chi connectivity index (χ3v) is 8.38. The zero-order valence-electron chi connectivity index (χ0n) is 22.7. The number of nitrogens with zero attached hydrogens (tertiary/aromatic N) is 5. The number of hydrogen-bond donors (Lipinski definition) is 1. The molecule has 2 saturated heterocycles. The summed E-state index contributed by atoms with van der Waals surface area (Å²) in [5.41, 5.74) is 0.0733. The fourth-order valence-corrected chi connectivity index (χ4v) is 6.38. The molecule has 2 atom stereocenters. The van der Waals surface area contributed by atoms with Crippen LogP contribution in [0.4, 0.5) is 10.2 Å². The average molecular weight is 584 g/mol. The molecule has 10 nitrogen and oxygen atoms in total. The Morgan fingerprint density at radius 3 is 2.73 bits per heavy atom. The van der Waals surface area contributed by atoms with Gasteiger partial charge in [0.05, 0.1) is 40.9 Å². The second-order valence-corrected chi connectivity index (χ2v) is 11.0. The van der Waals surface area contributed by atoms with Crippen molar-refractivity contribution in [1.29, 1.82) is 0 Å². The Morgan fingerprint density at radius 1 is 1.24 bits per heavy atom. The van der Waals surface area contributed by atoms with Crippen molar-refractivity contribution in [2.45, 2.75) is 19.0 Å². The molecule has 2 fully saturated rings. The standard InChI is InChI=1S/C29H31ClFN5O5/c1-3-23(38)34-7-8-35(17(2)14-34)28-19-13-20(30)24(25-21(31)5-4-6-22(25)37)27-26(19)36(29(39)32-28)18(16-41-27)15-33-9-11-40-12-10-33/h3-6,13,17-18,37H,1,7-12,14-16H2,2H3/t17-,18+/m0/s1. The van der Waals surface area contributed by atoms with E-state index in [-0.39, 0.29) is 52.2 Å². The highest BCUT2D eigenvalue weighted by molar-refractivity contribution is 6.35. The number of anilines is 1. The Bertz CT molecular complexity index is 1570.